The third-order valence-electron chi connectivity index (χ3n) is 2.90. The van der Waals surface area contributed by atoms with Gasteiger partial charge in [-0.1, -0.05) is 31.9 Å². The highest BCUT2D eigenvalue weighted by atomic mass is 16.5. The van der Waals surface area contributed by atoms with Crippen LogP contribution in [-0.2, 0) is 0 Å². The Morgan fingerprint density at radius 2 is 1.78 bits per heavy atom. The number of ether oxygens (including phenoxy) is 1. The molecule has 0 bridgehead atoms. The van der Waals surface area contributed by atoms with E-state index in [0.717, 1.165) is 18.6 Å². The minimum Gasteiger partial charge on any atom is -0.488 e. The van der Waals surface area contributed by atoms with Crippen LogP contribution in [0.25, 0.3) is 0 Å². The monoisotopic (exact) mass is 250 g/mol. The predicted octanol–water partition coefficient (Wildman–Crippen LogP) is 4.13. The second-order valence-corrected chi connectivity index (χ2v) is 5.81. The van der Waals surface area contributed by atoms with Crippen LogP contribution >= 0.6 is 0 Å². The predicted molar refractivity (Wildman–Crippen MR) is 76.2 cm³/mol. The fourth-order valence-electron chi connectivity index (χ4n) is 1.98. The molecule has 0 fully saturated rings. The Balaban J connectivity index is 2.68. The molecule has 0 saturated carbocycles. The van der Waals surface area contributed by atoms with Crippen LogP contribution in [0.4, 0.5) is 0 Å². The Bertz CT molecular complexity index is 335. The van der Waals surface area contributed by atoms with E-state index in [1.807, 2.05) is 32.9 Å². The molecule has 1 atom stereocenters. The van der Waals surface area contributed by atoms with Gasteiger partial charge in [0.25, 0.3) is 0 Å². The smallest absolute Gasteiger partial charge is 0.120 e. The zero-order valence-electron chi connectivity index (χ0n) is 12.1. The highest BCUT2D eigenvalue weighted by Gasteiger charge is 2.13. The number of hydrogen-bond acceptors (Lipinski definition) is 2. The molecule has 0 aromatic heterocycles. The van der Waals surface area contributed by atoms with E-state index in [0.29, 0.717) is 0 Å². The van der Waals surface area contributed by atoms with Crippen molar-refractivity contribution in [1.82, 2.24) is 0 Å². The Labute approximate surface area is 111 Å². The van der Waals surface area contributed by atoms with Gasteiger partial charge >= 0.3 is 0 Å². The number of aliphatic hydroxyl groups is 1. The van der Waals surface area contributed by atoms with E-state index in [-0.39, 0.29) is 18.1 Å². The van der Waals surface area contributed by atoms with E-state index in [1.54, 1.807) is 0 Å². The van der Waals surface area contributed by atoms with Gasteiger partial charge in [-0.05, 0) is 44.9 Å². The van der Waals surface area contributed by atoms with Gasteiger partial charge in [0.05, 0.1) is 0 Å². The van der Waals surface area contributed by atoms with Crippen molar-refractivity contribution in [2.45, 2.75) is 58.5 Å². The lowest BCUT2D eigenvalue weighted by molar-refractivity contribution is 0.131. The summed E-state index contributed by atoms with van der Waals surface area (Å²) in [5, 5.41) is 9.43. The number of aliphatic hydroxyl groups excluding tert-OH is 1. The molecule has 0 saturated heterocycles. The molecule has 1 rings (SSSR count). The van der Waals surface area contributed by atoms with Gasteiger partial charge in [0.1, 0.15) is 11.4 Å². The molecule has 2 heteroatoms. The highest BCUT2D eigenvalue weighted by Crippen LogP contribution is 2.25. The van der Waals surface area contributed by atoms with E-state index < -0.39 is 0 Å². The summed E-state index contributed by atoms with van der Waals surface area (Å²) in [5.74, 6) is 1.15. The van der Waals surface area contributed by atoms with E-state index in [2.05, 4.69) is 19.1 Å². The summed E-state index contributed by atoms with van der Waals surface area (Å²) in [6.07, 6.45) is 3.37. The SMILES string of the molecule is CCCCC(CO)c1ccc(OC(C)(C)C)cc1. The molecule has 0 aliphatic heterocycles. The molecule has 1 N–H and O–H groups in total. The largest absolute Gasteiger partial charge is 0.488 e. The average Bonchev–Trinajstić information content (AvgIpc) is 2.30. The van der Waals surface area contributed by atoms with Crippen molar-refractivity contribution in [3.8, 4) is 5.75 Å². The molecule has 0 aliphatic carbocycles. The zero-order chi connectivity index (χ0) is 13.6. The minimum atomic E-state index is -0.167. The van der Waals surface area contributed by atoms with Crippen LogP contribution in [0.5, 0.6) is 5.75 Å². The van der Waals surface area contributed by atoms with Crippen molar-refractivity contribution in [3.63, 3.8) is 0 Å². The maximum Gasteiger partial charge on any atom is 0.120 e. The quantitative estimate of drug-likeness (QED) is 0.822. The Morgan fingerprint density at radius 1 is 1.17 bits per heavy atom. The van der Waals surface area contributed by atoms with Crippen LogP contribution in [0.3, 0.4) is 0 Å². The van der Waals surface area contributed by atoms with Crippen molar-refractivity contribution in [2.75, 3.05) is 6.61 Å². The van der Waals surface area contributed by atoms with Gasteiger partial charge in [-0.25, -0.2) is 0 Å². The summed E-state index contributed by atoms with van der Waals surface area (Å²) in [5.41, 5.74) is 1.03. The van der Waals surface area contributed by atoms with Crippen LogP contribution in [0.2, 0.25) is 0 Å². The molecule has 0 spiro atoms. The first-order valence-electron chi connectivity index (χ1n) is 6.86. The van der Waals surface area contributed by atoms with Crippen LogP contribution in [0.15, 0.2) is 24.3 Å². The van der Waals surface area contributed by atoms with Crippen LogP contribution in [-0.4, -0.2) is 17.3 Å². The van der Waals surface area contributed by atoms with Crippen molar-refractivity contribution in [2.24, 2.45) is 0 Å². The Morgan fingerprint density at radius 3 is 2.22 bits per heavy atom. The molecule has 1 aromatic rings. The van der Waals surface area contributed by atoms with Crippen LogP contribution in [0, 0.1) is 0 Å². The molecule has 18 heavy (non-hydrogen) atoms. The lowest BCUT2D eigenvalue weighted by Gasteiger charge is -2.22. The first-order valence-corrected chi connectivity index (χ1v) is 6.86. The van der Waals surface area contributed by atoms with E-state index >= 15 is 0 Å². The number of benzene rings is 1. The third-order valence-corrected chi connectivity index (χ3v) is 2.90. The first kappa shape index (κ1) is 15.0. The van der Waals surface area contributed by atoms with E-state index in [1.165, 1.54) is 12.0 Å². The lowest BCUT2D eigenvalue weighted by Crippen LogP contribution is -2.22. The number of hydrogen-bond donors (Lipinski definition) is 1. The van der Waals surface area contributed by atoms with Gasteiger partial charge in [0.2, 0.25) is 0 Å². The van der Waals surface area contributed by atoms with Gasteiger partial charge < -0.3 is 9.84 Å². The van der Waals surface area contributed by atoms with Gasteiger partial charge in [-0.3, -0.25) is 0 Å². The molecule has 0 amide bonds. The summed E-state index contributed by atoms with van der Waals surface area (Å²) < 4.78 is 5.79. The maximum absolute atomic E-state index is 9.43. The zero-order valence-corrected chi connectivity index (χ0v) is 12.1. The van der Waals surface area contributed by atoms with E-state index in [4.69, 9.17) is 4.74 Å². The Hall–Kier alpha value is -1.02. The summed E-state index contributed by atoms with van der Waals surface area (Å²) in [7, 11) is 0. The summed E-state index contributed by atoms with van der Waals surface area (Å²) in [6, 6.07) is 8.12. The van der Waals surface area contributed by atoms with Crippen molar-refractivity contribution < 1.29 is 9.84 Å². The number of rotatable bonds is 6. The molecule has 0 heterocycles. The standard InChI is InChI=1S/C16H26O2/c1-5-6-7-14(12-17)13-8-10-15(11-9-13)18-16(2,3)4/h8-11,14,17H,5-7,12H2,1-4H3. The Kier molecular flexibility index (Phi) is 5.67. The van der Waals surface area contributed by atoms with Crippen molar-refractivity contribution >= 4 is 0 Å². The van der Waals surface area contributed by atoms with Gasteiger partial charge in [0, 0.05) is 12.5 Å². The molecule has 2 nitrogen and oxygen atoms in total. The van der Waals surface area contributed by atoms with Crippen LogP contribution < -0.4 is 4.74 Å². The second kappa shape index (κ2) is 6.79. The summed E-state index contributed by atoms with van der Waals surface area (Å²) in [4.78, 5) is 0. The normalized spacial score (nSPS) is 13.4. The van der Waals surface area contributed by atoms with Crippen molar-refractivity contribution in [3.05, 3.63) is 29.8 Å². The third kappa shape index (κ3) is 5.09. The van der Waals surface area contributed by atoms with E-state index in [9.17, 15) is 5.11 Å². The molecular formula is C16H26O2. The van der Waals surface area contributed by atoms with Gasteiger partial charge in [-0.15, -0.1) is 0 Å². The first-order chi connectivity index (χ1) is 8.46. The second-order valence-electron chi connectivity index (χ2n) is 5.81. The van der Waals surface area contributed by atoms with Gasteiger partial charge in [-0.2, -0.15) is 0 Å². The van der Waals surface area contributed by atoms with Crippen LogP contribution in [0.1, 0.15) is 58.4 Å². The molecule has 1 aromatic carbocycles. The number of unbranched alkanes of at least 4 members (excludes halogenated alkanes) is 1. The fourth-order valence-corrected chi connectivity index (χ4v) is 1.98. The van der Waals surface area contributed by atoms with Crippen molar-refractivity contribution in [1.29, 1.82) is 0 Å². The molecule has 0 radical (unpaired) electrons. The maximum atomic E-state index is 9.43. The molecular weight excluding hydrogens is 224 g/mol. The molecule has 0 aliphatic rings. The lowest BCUT2D eigenvalue weighted by atomic mass is 9.94. The fraction of sp³-hybridized carbons (Fsp3) is 0.625. The molecule has 102 valence electrons. The highest BCUT2D eigenvalue weighted by molar-refractivity contribution is 5.30. The topological polar surface area (TPSA) is 29.5 Å². The van der Waals surface area contributed by atoms with Gasteiger partial charge in [0.15, 0.2) is 0 Å². The summed E-state index contributed by atoms with van der Waals surface area (Å²) in [6.45, 7) is 8.52. The molecule has 1 unspecified atom stereocenters. The minimum absolute atomic E-state index is 0.167. The average molecular weight is 250 g/mol. The summed E-state index contributed by atoms with van der Waals surface area (Å²) >= 11 is 0.